The second-order valence-corrected chi connectivity index (χ2v) is 5.86. The summed E-state index contributed by atoms with van der Waals surface area (Å²) in [5.41, 5.74) is 6.58. The molecule has 19 heavy (non-hydrogen) atoms. The van der Waals surface area contributed by atoms with Crippen molar-refractivity contribution >= 4 is 15.9 Å². The molecule has 0 saturated heterocycles. The molecule has 1 aliphatic rings. The van der Waals surface area contributed by atoms with Crippen molar-refractivity contribution in [1.82, 2.24) is 0 Å². The fourth-order valence-corrected chi connectivity index (χ4v) is 3.46. The van der Waals surface area contributed by atoms with Crippen molar-refractivity contribution in [2.75, 3.05) is 20.8 Å². The van der Waals surface area contributed by atoms with Gasteiger partial charge in [0.15, 0.2) is 11.5 Å². The monoisotopic (exact) mass is 329 g/mol. The Balaban J connectivity index is 2.69. The first kappa shape index (κ1) is 14.5. The minimum atomic E-state index is -0.216. The predicted molar refractivity (Wildman–Crippen MR) is 78.1 cm³/mol. The van der Waals surface area contributed by atoms with Gasteiger partial charge < -0.3 is 20.3 Å². The third kappa shape index (κ3) is 2.30. The lowest BCUT2D eigenvalue weighted by Crippen LogP contribution is -2.32. The van der Waals surface area contributed by atoms with Crippen molar-refractivity contribution in [3.63, 3.8) is 0 Å². The Morgan fingerprint density at radius 3 is 2.42 bits per heavy atom. The van der Waals surface area contributed by atoms with Crippen molar-refractivity contribution in [3.05, 3.63) is 16.1 Å². The predicted octanol–water partition coefficient (Wildman–Crippen LogP) is 2.94. The molecule has 106 valence electrons. The summed E-state index contributed by atoms with van der Waals surface area (Å²) in [4.78, 5) is 0. The van der Waals surface area contributed by atoms with Gasteiger partial charge in [-0.1, -0.05) is 12.8 Å². The van der Waals surface area contributed by atoms with Gasteiger partial charge in [0.25, 0.3) is 0 Å². The summed E-state index contributed by atoms with van der Waals surface area (Å²) < 4.78 is 11.4. The van der Waals surface area contributed by atoms with Crippen LogP contribution in [0.5, 0.6) is 17.2 Å². The summed E-state index contributed by atoms with van der Waals surface area (Å²) in [7, 11) is 3.18. The summed E-state index contributed by atoms with van der Waals surface area (Å²) in [6, 6.07) is 1.72. The number of ether oxygens (including phenoxy) is 2. The van der Waals surface area contributed by atoms with E-state index in [9.17, 15) is 5.11 Å². The van der Waals surface area contributed by atoms with Crippen molar-refractivity contribution in [1.29, 1.82) is 0 Å². The Hall–Kier alpha value is -0.940. The fraction of sp³-hybridized carbons (Fsp3) is 0.571. The zero-order valence-corrected chi connectivity index (χ0v) is 12.9. The zero-order valence-electron chi connectivity index (χ0n) is 11.3. The summed E-state index contributed by atoms with van der Waals surface area (Å²) in [6.45, 7) is 0.497. The molecule has 1 aliphatic carbocycles. The van der Waals surface area contributed by atoms with Gasteiger partial charge >= 0.3 is 0 Å². The van der Waals surface area contributed by atoms with Crippen LogP contribution in [0.25, 0.3) is 0 Å². The van der Waals surface area contributed by atoms with Gasteiger partial charge in [-0.05, 0) is 28.8 Å². The third-order valence-corrected chi connectivity index (χ3v) is 4.68. The lowest BCUT2D eigenvalue weighted by atomic mass is 9.77. The van der Waals surface area contributed by atoms with Crippen LogP contribution in [0.1, 0.15) is 31.2 Å². The summed E-state index contributed by atoms with van der Waals surface area (Å²) in [6.07, 6.45) is 4.17. The van der Waals surface area contributed by atoms with E-state index in [1.807, 2.05) is 0 Å². The first-order valence-electron chi connectivity index (χ1n) is 6.43. The molecule has 1 aromatic carbocycles. The summed E-state index contributed by atoms with van der Waals surface area (Å²) >= 11 is 3.38. The molecule has 0 atom stereocenters. The van der Waals surface area contributed by atoms with Crippen LogP contribution in [0.2, 0.25) is 0 Å². The van der Waals surface area contributed by atoms with Crippen LogP contribution in [0.4, 0.5) is 0 Å². The molecular weight excluding hydrogens is 310 g/mol. The Labute approximate surface area is 122 Å². The summed E-state index contributed by atoms with van der Waals surface area (Å²) in [5.74, 6) is 1.42. The van der Waals surface area contributed by atoms with Crippen molar-refractivity contribution in [3.8, 4) is 17.2 Å². The third-order valence-electron chi connectivity index (χ3n) is 4.08. The van der Waals surface area contributed by atoms with E-state index >= 15 is 0 Å². The smallest absolute Gasteiger partial charge is 0.168 e. The SMILES string of the molecule is COc1cc(Br)c(O)c(C2(CN)CCCC2)c1OC. The molecule has 3 N–H and O–H groups in total. The first-order valence-corrected chi connectivity index (χ1v) is 7.23. The minimum Gasteiger partial charge on any atom is -0.506 e. The topological polar surface area (TPSA) is 64.7 Å². The molecule has 4 nitrogen and oxygen atoms in total. The number of methoxy groups -OCH3 is 2. The molecule has 0 heterocycles. The molecule has 0 spiro atoms. The molecule has 0 bridgehead atoms. The van der Waals surface area contributed by atoms with E-state index in [1.54, 1.807) is 20.3 Å². The number of aromatic hydroxyl groups is 1. The van der Waals surface area contributed by atoms with Gasteiger partial charge in [0.2, 0.25) is 0 Å². The van der Waals surface area contributed by atoms with Gasteiger partial charge in [-0.3, -0.25) is 0 Å². The van der Waals surface area contributed by atoms with Crippen LogP contribution < -0.4 is 15.2 Å². The molecule has 0 amide bonds. The van der Waals surface area contributed by atoms with Gasteiger partial charge in [0.1, 0.15) is 5.75 Å². The highest BCUT2D eigenvalue weighted by molar-refractivity contribution is 9.10. The lowest BCUT2D eigenvalue weighted by molar-refractivity contribution is 0.325. The van der Waals surface area contributed by atoms with Crippen molar-refractivity contribution < 1.29 is 14.6 Å². The largest absolute Gasteiger partial charge is 0.506 e. The Bertz CT molecular complexity index is 470. The van der Waals surface area contributed by atoms with Gasteiger partial charge in [-0.2, -0.15) is 0 Å². The quantitative estimate of drug-likeness (QED) is 0.891. The van der Waals surface area contributed by atoms with E-state index in [-0.39, 0.29) is 11.2 Å². The molecule has 0 aliphatic heterocycles. The molecule has 0 radical (unpaired) electrons. The number of phenols is 1. The number of halogens is 1. The molecule has 5 heteroatoms. The molecule has 1 aromatic rings. The summed E-state index contributed by atoms with van der Waals surface area (Å²) in [5, 5.41) is 10.4. The van der Waals surface area contributed by atoms with Crippen molar-refractivity contribution in [2.24, 2.45) is 5.73 Å². The second kappa shape index (κ2) is 5.59. The van der Waals surface area contributed by atoms with Gasteiger partial charge in [-0.15, -0.1) is 0 Å². The van der Waals surface area contributed by atoms with Crippen LogP contribution in [-0.4, -0.2) is 25.9 Å². The number of rotatable bonds is 4. The standard InChI is InChI=1S/C14H20BrNO3/c1-18-10-7-9(15)12(17)11(13(10)19-2)14(8-16)5-3-4-6-14/h7,17H,3-6,8,16H2,1-2H3. The highest BCUT2D eigenvalue weighted by Gasteiger charge is 2.40. The molecule has 0 unspecified atom stereocenters. The molecule has 2 rings (SSSR count). The van der Waals surface area contributed by atoms with Gasteiger partial charge in [-0.25, -0.2) is 0 Å². The van der Waals surface area contributed by atoms with E-state index in [4.69, 9.17) is 15.2 Å². The number of phenolic OH excluding ortho intramolecular Hbond substituents is 1. The first-order chi connectivity index (χ1) is 9.09. The van der Waals surface area contributed by atoms with Crippen molar-refractivity contribution in [2.45, 2.75) is 31.1 Å². The average molecular weight is 330 g/mol. The van der Waals surface area contributed by atoms with Crippen LogP contribution in [0.15, 0.2) is 10.5 Å². The highest BCUT2D eigenvalue weighted by atomic mass is 79.9. The lowest BCUT2D eigenvalue weighted by Gasteiger charge is -2.31. The Kier molecular flexibility index (Phi) is 4.26. The van der Waals surface area contributed by atoms with Crippen LogP contribution in [0, 0.1) is 0 Å². The van der Waals surface area contributed by atoms with Crippen LogP contribution in [0.3, 0.4) is 0 Å². The van der Waals surface area contributed by atoms with Crippen LogP contribution >= 0.6 is 15.9 Å². The molecule has 1 fully saturated rings. The minimum absolute atomic E-state index is 0.213. The number of nitrogens with two attached hydrogens (primary N) is 1. The normalized spacial score (nSPS) is 17.5. The maximum Gasteiger partial charge on any atom is 0.168 e. The highest BCUT2D eigenvalue weighted by Crippen LogP contribution is 2.53. The van der Waals surface area contributed by atoms with E-state index in [1.165, 1.54) is 0 Å². The van der Waals surface area contributed by atoms with E-state index < -0.39 is 0 Å². The number of hydrogen-bond acceptors (Lipinski definition) is 4. The molecular formula is C14H20BrNO3. The van der Waals surface area contributed by atoms with Gasteiger partial charge in [0, 0.05) is 23.6 Å². The van der Waals surface area contributed by atoms with E-state index in [0.29, 0.717) is 22.5 Å². The fourth-order valence-electron chi connectivity index (χ4n) is 3.05. The van der Waals surface area contributed by atoms with E-state index in [2.05, 4.69) is 15.9 Å². The maximum atomic E-state index is 10.4. The Morgan fingerprint density at radius 1 is 1.32 bits per heavy atom. The maximum absolute atomic E-state index is 10.4. The molecule has 0 aromatic heterocycles. The Morgan fingerprint density at radius 2 is 1.95 bits per heavy atom. The average Bonchev–Trinajstić information content (AvgIpc) is 2.90. The number of hydrogen-bond donors (Lipinski definition) is 2. The van der Waals surface area contributed by atoms with E-state index in [0.717, 1.165) is 31.2 Å². The zero-order chi connectivity index (χ0) is 14.0. The second-order valence-electron chi connectivity index (χ2n) is 5.01. The number of benzene rings is 1. The van der Waals surface area contributed by atoms with Crippen LogP contribution in [-0.2, 0) is 5.41 Å². The molecule has 1 saturated carbocycles. The van der Waals surface area contributed by atoms with Gasteiger partial charge in [0.05, 0.1) is 18.7 Å².